The van der Waals surface area contributed by atoms with Gasteiger partial charge in [0.1, 0.15) is 12.4 Å². The number of anilines is 1. The number of ether oxygens (including phenoxy) is 1. The number of aliphatic hydroxyl groups is 1. The predicted octanol–water partition coefficient (Wildman–Crippen LogP) is 3.25. The molecule has 24 heavy (non-hydrogen) atoms. The van der Waals surface area contributed by atoms with Crippen LogP contribution in [0.3, 0.4) is 0 Å². The lowest BCUT2D eigenvalue weighted by Gasteiger charge is -2.43. The Balaban J connectivity index is 1.85. The van der Waals surface area contributed by atoms with Crippen molar-refractivity contribution in [1.29, 1.82) is 0 Å². The summed E-state index contributed by atoms with van der Waals surface area (Å²) in [6.07, 6.45) is 0. The second kappa shape index (κ2) is 7.88. The fourth-order valence-corrected chi connectivity index (χ4v) is 3.33. The van der Waals surface area contributed by atoms with Crippen LogP contribution < -0.4 is 15.0 Å². The Bertz CT molecular complexity index is 645. The van der Waals surface area contributed by atoms with E-state index in [1.54, 1.807) is 0 Å². The van der Waals surface area contributed by atoms with Crippen LogP contribution >= 0.6 is 11.6 Å². The molecule has 1 saturated heterocycles. The minimum absolute atomic E-state index is 0.0230. The number of hydrogen-bond donors (Lipinski definition) is 2. The average molecular weight is 347 g/mol. The molecule has 5 heteroatoms. The van der Waals surface area contributed by atoms with Gasteiger partial charge in [0, 0.05) is 29.8 Å². The van der Waals surface area contributed by atoms with E-state index in [1.165, 1.54) is 11.3 Å². The van der Waals surface area contributed by atoms with Gasteiger partial charge in [0.05, 0.1) is 12.6 Å². The molecule has 1 heterocycles. The fourth-order valence-electron chi connectivity index (χ4n) is 3.21. The number of hydrogen-bond acceptors (Lipinski definition) is 4. The molecule has 1 fully saturated rings. The molecule has 0 unspecified atom stereocenters. The van der Waals surface area contributed by atoms with Crippen LogP contribution in [0.15, 0.2) is 48.5 Å². The topological polar surface area (TPSA) is 44.7 Å². The minimum Gasteiger partial charge on any atom is -0.491 e. The number of rotatable bonds is 5. The molecular formula is C19H23ClN2O2. The van der Waals surface area contributed by atoms with Crippen molar-refractivity contribution in [2.24, 2.45) is 0 Å². The van der Waals surface area contributed by atoms with Gasteiger partial charge in [-0.25, -0.2) is 0 Å². The van der Waals surface area contributed by atoms with Crippen LogP contribution in [-0.2, 0) is 0 Å². The van der Waals surface area contributed by atoms with E-state index in [-0.39, 0.29) is 12.6 Å². The summed E-state index contributed by atoms with van der Waals surface area (Å²) >= 11 is 6.03. The third kappa shape index (κ3) is 3.83. The van der Waals surface area contributed by atoms with Gasteiger partial charge in [-0.1, -0.05) is 23.7 Å². The molecule has 2 atom stereocenters. The lowest BCUT2D eigenvalue weighted by Crippen LogP contribution is -2.51. The van der Waals surface area contributed by atoms with Gasteiger partial charge >= 0.3 is 0 Å². The van der Waals surface area contributed by atoms with Crippen molar-refractivity contribution in [3.63, 3.8) is 0 Å². The Morgan fingerprint density at radius 2 is 1.83 bits per heavy atom. The SMILES string of the molecule is C[C@@H]1CNC[C@@H](c2ccc(Cl)cc2)N1c1ccc(OCCO)cc1. The zero-order valence-corrected chi connectivity index (χ0v) is 14.5. The van der Waals surface area contributed by atoms with Crippen LogP contribution in [0.4, 0.5) is 5.69 Å². The van der Waals surface area contributed by atoms with Crippen molar-refractivity contribution in [2.75, 3.05) is 31.2 Å². The molecule has 0 aliphatic carbocycles. The molecule has 0 spiro atoms. The van der Waals surface area contributed by atoms with Crippen LogP contribution in [0, 0.1) is 0 Å². The van der Waals surface area contributed by atoms with Gasteiger partial charge in [-0.2, -0.15) is 0 Å². The lowest BCUT2D eigenvalue weighted by molar-refractivity contribution is 0.201. The summed E-state index contributed by atoms with van der Waals surface area (Å²) in [6, 6.07) is 16.8. The number of nitrogens with zero attached hydrogens (tertiary/aromatic N) is 1. The first kappa shape index (κ1) is 17.1. The first-order valence-electron chi connectivity index (χ1n) is 8.27. The Kier molecular flexibility index (Phi) is 5.61. The van der Waals surface area contributed by atoms with Crippen LogP contribution in [-0.4, -0.2) is 37.5 Å². The summed E-state index contributed by atoms with van der Waals surface area (Å²) < 4.78 is 5.45. The Hall–Kier alpha value is -1.75. The van der Waals surface area contributed by atoms with Gasteiger partial charge in [0.25, 0.3) is 0 Å². The maximum Gasteiger partial charge on any atom is 0.119 e. The average Bonchev–Trinajstić information content (AvgIpc) is 2.61. The van der Waals surface area contributed by atoms with E-state index in [4.69, 9.17) is 21.4 Å². The second-order valence-corrected chi connectivity index (χ2v) is 6.48. The molecule has 0 radical (unpaired) electrons. The molecule has 1 aliphatic heterocycles. The number of halogens is 1. The quantitative estimate of drug-likeness (QED) is 0.872. The summed E-state index contributed by atoms with van der Waals surface area (Å²) in [5.41, 5.74) is 2.42. The molecule has 3 rings (SSSR count). The summed E-state index contributed by atoms with van der Waals surface area (Å²) in [5, 5.41) is 13.1. The van der Waals surface area contributed by atoms with E-state index in [1.807, 2.05) is 24.3 Å². The highest BCUT2D eigenvalue weighted by Crippen LogP contribution is 2.32. The number of benzene rings is 2. The second-order valence-electron chi connectivity index (χ2n) is 6.05. The molecule has 0 saturated carbocycles. The third-order valence-corrected chi connectivity index (χ3v) is 4.59. The third-order valence-electron chi connectivity index (χ3n) is 4.34. The summed E-state index contributed by atoms with van der Waals surface area (Å²) in [6.45, 7) is 4.42. The molecule has 2 aromatic carbocycles. The number of nitrogens with one attached hydrogen (secondary N) is 1. The zero-order valence-electron chi connectivity index (χ0n) is 13.8. The molecule has 2 N–H and O–H groups in total. The first-order chi connectivity index (χ1) is 11.7. The van der Waals surface area contributed by atoms with Crippen molar-refractivity contribution in [1.82, 2.24) is 5.32 Å². The lowest BCUT2D eigenvalue weighted by atomic mass is 9.99. The standard InChI is InChI=1S/C19H23ClN2O2/c1-14-12-21-13-19(15-2-4-16(20)5-3-15)22(14)17-6-8-18(9-7-17)24-11-10-23/h2-9,14,19,21,23H,10-13H2,1H3/t14-,19+/m1/s1. The van der Waals surface area contributed by atoms with Crippen LogP contribution in [0.1, 0.15) is 18.5 Å². The number of aliphatic hydroxyl groups excluding tert-OH is 1. The smallest absolute Gasteiger partial charge is 0.119 e. The fraction of sp³-hybridized carbons (Fsp3) is 0.368. The summed E-state index contributed by atoms with van der Waals surface area (Å²) in [5.74, 6) is 0.777. The zero-order chi connectivity index (χ0) is 16.9. The molecule has 0 bridgehead atoms. The van der Waals surface area contributed by atoms with Crippen LogP contribution in [0.25, 0.3) is 0 Å². The molecule has 128 valence electrons. The van der Waals surface area contributed by atoms with E-state index in [2.05, 4.69) is 41.4 Å². The normalized spacial score (nSPS) is 20.9. The maximum atomic E-state index is 8.85. The Morgan fingerprint density at radius 1 is 1.12 bits per heavy atom. The Labute approximate surface area is 148 Å². The van der Waals surface area contributed by atoms with E-state index in [9.17, 15) is 0 Å². The van der Waals surface area contributed by atoms with Gasteiger partial charge in [0.2, 0.25) is 0 Å². The molecule has 2 aromatic rings. The van der Waals surface area contributed by atoms with Crippen LogP contribution in [0.5, 0.6) is 5.75 Å². The van der Waals surface area contributed by atoms with Gasteiger partial charge in [-0.15, -0.1) is 0 Å². The molecule has 4 nitrogen and oxygen atoms in total. The molecule has 0 amide bonds. The van der Waals surface area contributed by atoms with Gasteiger partial charge in [-0.3, -0.25) is 0 Å². The minimum atomic E-state index is 0.0230. The van der Waals surface area contributed by atoms with Gasteiger partial charge < -0.3 is 20.1 Å². The van der Waals surface area contributed by atoms with Crippen molar-refractivity contribution in [2.45, 2.75) is 19.0 Å². The van der Waals surface area contributed by atoms with E-state index < -0.39 is 0 Å². The first-order valence-corrected chi connectivity index (χ1v) is 8.65. The Morgan fingerprint density at radius 3 is 2.50 bits per heavy atom. The summed E-state index contributed by atoms with van der Waals surface area (Å²) in [4.78, 5) is 2.44. The van der Waals surface area contributed by atoms with Crippen molar-refractivity contribution >= 4 is 17.3 Å². The van der Waals surface area contributed by atoms with E-state index in [0.29, 0.717) is 12.6 Å². The molecular weight excluding hydrogens is 324 g/mol. The largest absolute Gasteiger partial charge is 0.491 e. The predicted molar refractivity (Wildman–Crippen MR) is 98.0 cm³/mol. The van der Waals surface area contributed by atoms with Crippen molar-refractivity contribution in [3.8, 4) is 5.75 Å². The van der Waals surface area contributed by atoms with Gasteiger partial charge in [0.15, 0.2) is 0 Å². The highest BCUT2D eigenvalue weighted by atomic mass is 35.5. The van der Waals surface area contributed by atoms with E-state index in [0.717, 1.165) is 23.9 Å². The maximum absolute atomic E-state index is 8.85. The highest BCUT2D eigenvalue weighted by Gasteiger charge is 2.29. The highest BCUT2D eigenvalue weighted by molar-refractivity contribution is 6.30. The monoisotopic (exact) mass is 346 g/mol. The number of piperazine rings is 1. The van der Waals surface area contributed by atoms with E-state index >= 15 is 0 Å². The molecule has 0 aromatic heterocycles. The van der Waals surface area contributed by atoms with Crippen molar-refractivity contribution < 1.29 is 9.84 Å². The molecule has 1 aliphatic rings. The van der Waals surface area contributed by atoms with Gasteiger partial charge in [-0.05, 0) is 48.9 Å². The van der Waals surface area contributed by atoms with Crippen LogP contribution in [0.2, 0.25) is 5.02 Å². The van der Waals surface area contributed by atoms with Crippen molar-refractivity contribution in [3.05, 3.63) is 59.1 Å². The summed E-state index contributed by atoms with van der Waals surface area (Å²) in [7, 11) is 0.